The lowest BCUT2D eigenvalue weighted by molar-refractivity contribution is 0.714. The molecule has 1 unspecified atom stereocenters. The first kappa shape index (κ1) is 21.1. The molecule has 1 heteroatoms. The minimum Gasteiger partial charge on any atom is -0.0881 e. The van der Waals surface area contributed by atoms with Gasteiger partial charge in [0.15, 0.2) is 0 Å². The summed E-state index contributed by atoms with van der Waals surface area (Å²) in [7, 11) is 0. The molecule has 0 saturated carbocycles. The Bertz CT molecular complexity index is 1860. The summed E-state index contributed by atoms with van der Waals surface area (Å²) in [4.78, 5) is 2.70. The van der Waals surface area contributed by atoms with Gasteiger partial charge in [-0.2, -0.15) is 0 Å². The molecular weight excluding hydrogens is 464 g/mol. The molecule has 8 rings (SSSR count). The Kier molecular flexibility index (Phi) is 4.39. The first-order valence-corrected chi connectivity index (χ1v) is 13.7. The predicted octanol–water partition coefficient (Wildman–Crippen LogP) is 9.97. The van der Waals surface area contributed by atoms with Gasteiger partial charge in [0, 0.05) is 20.6 Å². The molecule has 6 aromatic carbocycles. The standard InChI is InChI=1S/C36H24S/c1-36(25-12-3-2-4-13-25)31-18-6-5-14-27(31)28-21-20-24(22-32(28)36)26-15-9-17-30-29-16-7-10-23-11-8-19-33(34(23)29)37-35(26)30/h2-22H,1H3. The van der Waals surface area contributed by atoms with Gasteiger partial charge in [-0.1, -0.05) is 127 Å². The van der Waals surface area contributed by atoms with Crippen molar-refractivity contribution in [3.05, 3.63) is 144 Å². The van der Waals surface area contributed by atoms with Crippen LogP contribution in [0.2, 0.25) is 0 Å². The number of rotatable bonds is 2. The summed E-state index contributed by atoms with van der Waals surface area (Å²) in [5.74, 6) is 0. The molecule has 0 fully saturated rings. The lowest BCUT2D eigenvalue weighted by Crippen LogP contribution is -2.22. The fraction of sp³-hybridized carbons (Fsp3) is 0.0556. The molecule has 0 N–H and O–H groups in total. The van der Waals surface area contributed by atoms with Crippen molar-refractivity contribution < 1.29 is 0 Å². The number of hydrogen-bond donors (Lipinski definition) is 0. The smallest absolute Gasteiger partial charge is 0.0435 e. The second-order valence-electron chi connectivity index (χ2n) is 10.2. The summed E-state index contributed by atoms with van der Waals surface area (Å²) < 4.78 is 0. The molecule has 1 atom stereocenters. The second kappa shape index (κ2) is 7.71. The van der Waals surface area contributed by atoms with Crippen molar-refractivity contribution in [2.24, 2.45) is 0 Å². The molecule has 1 aliphatic carbocycles. The zero-order valence-corrected chi connectivity index (χ0v) is 21.3. The zero-order valence-electron chi connectivity index (χ0n) is 20.5. The summed E-state index contributed by atoms with van der Waals surface area (Å²) in [6, 6.07) is 47.2. The van der Waals surface area contributed by atoms with E-state index >= 15 is 0 Å². The van der Waals surface area contributed by atoms with Crippen molar-refractivity contribution in [1.29, 1.82) is 0 Å². The maximum atomic E-state index is 2.46. The van der Waals surface area contributed by atoms with Crippen LogP contribution in [0.25, 0.3) is 44.2 Å². The molecule has 0 radical (unpaired) electrons. The van der Waals surface area contributed by atoms with E-state index in [9.17, 15) is 0 Å². The molecule has 0 bridgehead atoms. The van der Waals surface area contributed by atoms with Crippen LogP contribution in [-0.2, 0) is 5.41 Å². The summed E-state index contributed by atoms with van der Waals surface area (Å²) in [5.41, 5.74) is 11.9. The first-order chi connectivity index (χ1) is 18.2. The van der Waals surface area contributed by atoms with E-state index < -0.39 is 0 Å². The Morgan fingerprint density at radius 3 is 2.08 bits per heavy atom. The molecule has 1 heterocycles. The molecule has 37 heavy (non-hydrogen) atoms. The van der Waals surface area contributed by atoms with Gasteiger partial charge in [0.1, 0.15) is 0 Å². The minimum atomic E-state index is -0.191. The normalized spacial score (nSPS) is 16.8. The monoisotopic (exact) mass is 488 g/mol. The summed E-state index contributed by atoms with van der Waals surface area (Å²) >= 11 is 1.91. The summed E-state index contributed by atoms with van der Waals surface area (Å²) in [5, 5.41) is 2.69. The highest BCUT2D eigenvalue weighted by Crippen LogP contribution is 2.55. The maximum absolute atomic E-state index is 2.46. The van der Waals surface area contributed by atoms with Gasteiger partial charge in [-0.15, -0.1) is 0 Å². The molecule has 174 valence electrons. The Labute approximate surface area is 221 Å². The van der Waals surface area contributed by atoms with Crippen molar-refractivity contribution >= 4 is 22.5 Å². The van der Waals surface area contributed by atoms with Gasteiger partial charge in [0.2, 0.25) is 0 Å². The van der Waals surface area contributed by atoms with Crippen molar-refractivity contribution in [1.82, 2.24) is 0 Å². The highest BCUT2D eigenvalue weighted by molar-refractivity contribution is 8.00. The zero-order chi connectivity index (χ0) is 24.6. The van der Waals surface area contributed by atoms with E-state index in [1.807, 2.05) is 11.8 Å². The molecule has 1 aliphatic heterocycles. The predicted molar refractivity (Wildman–Crippen MR) is 156 cm³/mol. The lowest BCUT2D eigenvalue weighted by atomic mass is 9.74. The van der Waals surface area contributed by atoms with Gasteiger partial charge in [-0.25, -0.2) is 0 Å². The van der Waals surface area contributed by atoms with Crippen LogP contribution in [0.1, 0.15) is 23.6 Å². The average Bonchev–Trinajstić information content (AvgIpc) is 3.22. The number of benzene rings is 6. The topological polar surface area (TPSA) is 0 Å². The van der Waals surface area contributed by atoms with Crippen LogP contribution in [0.5, 0.6) is 0 Å². The number of fused-ring (bicyclic) bond motifs is 5. The average molecular weight is 489 g/mol. The third kappa shape index (κ3) is 2.86. The SMILES string of the molecule is CC1(c2ccccc2)c2ccccc2-c2ccc(-c3cccc4c3Sc3cccc5cccc-4c35)cc21. The summed E-state index contributed by atoms with van der Waals surface area (Å²) in [6.45, 7) is 2.39. The third-order valence-electron chi connectivity index (χ3n) is 8.36. The Balaban J connectivity index is 1.36. The molecular formula is C36H24S. The minimum absolute atomic E-state index is 0.191. The van der Waals surface area contributed by atoms with E-state index in [2.05, 4.69) is 134 Å². The van der Waals surface area contributed by atoms with Crippen LogP contribution in [0.15, 0.2) is 137 Å². The third-order valence-corrected chi connectivity index (χ3v) is 9.56. The van der Waals surface area contributed by atoms with Crippen LogP contribution in [0.4, 0.5) is 0 Å². The fourth-order valence-corrected chi connectivity index (χ4v) is 7.83. The van der Waals surface area contributed by atoms with Gasteiger partial charge in [-0.3, -0.25) is 0 Å². The number of hydrogen-bond acceptors (Lipinski definition) is 1. The Morgan fingerprint density at radius 1 is 0.514 bits per heavy atom. The van der Waals surface area contributed by atoms with Gasteiger partial charge in [-0.05, 0) is 74.5 Å². The molecule has 0 amide bonds. The van der Waals surface area contributed by atoms with Crippen molar-refractivity contribution in [3.8, 4) is 33.4 Å². The second-order valence-corrected chi connectivity index (χ2v) is 11.3. The van der Waals surface area contributed by atoms with Gasteiger partial charge in [0.25, 0.3) is 0 Å². The van der Waals surface area contributed by atoms with E-state index in [1.54, 1.807) is 0 Å². The van der Waals surface area contributed by atoms with Crippen LogP contribution in [-0.4, -0.2) is 0 Å². The van der Waals surface area contributed by atoms with E-state index in [0.29, 0.717) is 0 Å². The lowest BCUT2D eigenvalue weighted by Gasteiger charge is -2.29. The highest BCUT2D eigenvalue weighted by atomic mass is 32.2. The molecule has 2 aliphatic rings. The van der Waals surface area contributed by atoms with Crippen molar-refractivity contribution in [2.45, 2.75) is 22.1 Å². The molecule has 0 saturated heterocycles. The van der Waals surface area contributed by atoms with Crippen LogP contribution >= 0.6 is 11.8 Å². The quantitative estimate of drug-likeness (QED) is 0.233. The first-order valence-electron chi connectivity index (χ1n) is 12.9. The van der Waals surface area contributed by atoms with Crippen molar-refractivity contribution in [2.75, 3.05) is 0 Å². The Morgan fingerprint density at radius 2 is 1.19 bits per heavy atom. The molecule has 0 nitrogen and oxygen atoms in total. The molecule has 0 aromatic heterocycles. The van der Waals surface area contributed by atoms with Gasteiger partial charge < -0.3 is 0 Å². The molecule has 0 spiro atoms. The van der Waals surface area contributed by atoms with Gasteiger partial charge >= 0.3 is 0 Å². The van der Waals surface area contributed by atoms with E-state index in [0.717, 1.165) is 0 Å². The fourth-order valence-electron chi connectivity index (χ4n) is 6.55. The maximum Gasteiger partial charge on any atom is 0.0435 e. The van der Waals surface area contributed by atoms with Crippen LogP contribution < -0.4 is 0 Å². The van der Waals surface area contributed by atoms with E-state index in [1.165, 1.54) is 70.6 Å². The Hall–Kier alpha value is -4.07. The van der Waals surface area contributed by atoms with E-state index in [4.69, 9.17) is 0 Å². The largest absolute Gasteiger partial charge is 0.0881 e. The van der Waals surface area contributed by atoms with Crippen LogP contribution in [0, 0.1) is 0 Å². The summed E-state index contributed by atoms with van der Waals surface area (Å²) in [6.07, 6.45) is 0. The van der Waals surface area contributed by atoms with E-state index in [-0.39, 0.29) is 5.41 Å². The van der Waals surface area contributed by atoms with Crippen LogP contribution in [0.3, 0.4) is 0 Å². The van der Waals surface area contributed by atoms with Gasteiger partial charge in [0.05, 0.1) is 0 Å². The van der Waals surface area contributed by atoms with Crippen molar-refractivity contribution in [3.63, 3.8) is 0 Å². The molecule has 6 aromatic rings. The highest BCUT2D eigenvalue weighted by Gasteiger charge is 2.40.